The fourth-order valence-electron chi connectivity index (χ4n) is 4.66. The van der Waals surface area contributed by atoms with Gasteiger partial charge in [0, 0.05) is 33.0 Å². The topological polar surface area (TPSA) is 95.5 Å². The van der Waals surface area contributed by atoms with Crippen molar-refractivity contribution in [2.45, 2.75) is 12.2 Å². The van der Waals surface area contributed by atoms with Crippen LogP contribution in [0.25, 0.3) is 11.1 Å². The van der Waals surface area contributed by atoms with Crippen molar-refractivity contribution in [2.24, 2.45) is 0 Å². The zero-order chi connectivity index (χ0) is 29.6. The Morgan fingerprint density at radius 1 is 0.902 bits per heavy atom. The number of hydrogen-bond acceptors (Lipinski definition) is 3. The zero-order valence-corrected chi connectivity index (χ0v) is 21.2. The van der Waals surface area contributed by atoms with Crippen molar-refractivity contribution in [3.63, 3.8) is 0 Å². The van der Waals surface area contributed by atoms with E-state index in [-0.39, 0.29) is 50.2 Å². The molecular weight excluding hydrogens is 571 g/mol. The molecule has 6 nitrogen and oxygen atoms in total. The monoisotopic (exact) mass is 586 g/mol. The highest BCUT2D eigenvalue weighted by Gasteiger charge is 2.36. The Labute approximate surface area is 233 Å². The summed E-state index contributed by atoms with van der Waals surface area (Å²) in [5.41, 5.74) is -1.77. The molecule has 1 heterocycles. The SMILES string of the molecule is O=C(Nc1cc(-c2ccccc2C(=O)O)cc2c1C(c1cc(F)ccc1Cl)NC2=O)c1cc(F)cc(C(F)(F)F)c1. The van der Waals surface area contributed by atoms with Crippen molar-refractivity contribution < 1.29 is 41.4 Å². The van der Waals surface area contributed by atoms with E-state index in [1.807, 2.05) is 0 Å². The van der Waals surface area contributed by atoms with Crippen molar-refractivity contribution in [3.05, 3.63) is 123 Å². The van der Waals surface area contributed by atoms with E-state index in [4.69, 9.17) is 11.6 Å². The van der Waals surface area contributed by atoms with Crippen LogP contribution in [0.5, 0.6) is 0 Å². The number of carboxylic acids is 1. The van der Waals surface area contributed by atoms with Crippen LogP contribution in [0.2, 0.25) is 5.02 Å². The minimum Gasteiger partial charge on any atom is -0.478 e. The third-order valence-electron chi connectivity index (χ3n) is 6.46. The molecule has 1 atom stereocenters. The molecule has 1 aliphatic heterocycles. The van der Waals surface area contributed by atoms with E-state index in [0.29, 0.717) is 12.1 Å². The van der Waals surface area contributed by atoms with Gasteiger partial charge in [-0.2, -0.15) is 13.2 Å². The first kappa shape index (κ1) is 27.8. The normalized spacial score (nSPS) is 14.4. The van der Waals surface area contributed by atoms with Crippen LogP contribution in [0.3, 0.4) is 0 Å². The maximum Gasteiger partial charge on any atom is 0.416 e. The van der Waals surface area contributed by atoms with Gasteiger partial charge in [0.2, 0.25) is 0 Å². The average molecular weight is 587 g/mol. The molecule has 3 N–H and O–H groups in total. The van der Waals surface area contributed by atoms with Gasteiger partial charge >= 0.3 is 12.1 Å². The molecule has 4 aromatic rings. The molecule has 0 saturated heterocycles. The molecule has 2 amide bonds. The van der Waals surface area contributed by atoms with E-state index in [2.05, 4.69) is 10.6 Å². The molecule has 208 valence electrons. The predicted molar refractivity (Wildman–Crippen MR) is 139 cm³/mol. The Kier molecular flexibility index (Phi) is 7.00. The second kappa shape index (κ2) is 10.3. The Balaban J connectivity index is 1.70. The van der Waals surface area contributed by atoms with Gasteiger partial charge in [-0.05, 0) is 65.7 Å². The van der Waals surface area contributed by atoms with Gasteiger partial charge in [0.05, 0.1) is 17.2 Å². The highest BCUT2D eigenvalue weighted by molar-refractivity contribution is 6.31. The second-order valence-corrected chi connectivity index (χ2v) is 9.50. The Hall–Kier alpha value is -4.77. The van der Waals surface area contributed by atoms with Gasteiger partial charge in [-0.3, -0.25) is 9.59 Å². The first-order valence-corrected chi connectivity index (χ1v) is 12.2. The third kappa shape index (κ3) is 5.36. The zero-order valence-electron chi connectivity index (χ0n) is 20.4. The van der Waals surface area contributed by atoms with Gasteiger partial charge in [0.1, 0.15) is 11.6 Å². The molecule has 41 heavy (non-hydrogen) atoms. The standard InChI is InChI=1S/C29H16ClF5N2O4/c30-22-6-5-16(31)12-20(22)25-24-21(27(39)37-25)9-13(18-3-1-2-4-19(18)28(40)41)10-23(24)36-26(38)14-7-15(29(33,34)35)11-17(32)8-14/h1-12,25H,(H,36,38)(H,37,39)(H,40,41). The molecule has 0 bridgehead atoms. The molecular formula is C29H16ClF5N2O4. The number of rotatable bonds is 5. The smallest absolute Gasteiger partial charge is 0.416 e. The Morgan fingerprint density at radius 3 is 2.34 bits per heavy atom. The molecule has 0 aliphatic carbocycles. The fourth-order valence-corrected chi connectivity index (χ4v) is 4.89. The van der Waals surface area contributed by atoms with Gasteiger partial charge in [-0.15, -0.1) is 0 Å². The fraction of sp³-hybridized carbons (Fsp3) is 0.0690. The summed E-state index contributed by atoms with van der Waals surface area (Å²) in [5.74, 6) is -5.07. The molecule has 5 rings (SSSR count). The van der Waals surface area contributed by atoms with Crippen LogP contribution in [-0.2, 0) is 6.18 Å². The molecule has 0 aromatic heterocycles. The average Bonchev–Trinajstić information content (AvgIpc) is 3.25. The minimum atomic E-state index is -4.94. The molecule has 0 radical (unpaired) electrons. The van der Waals surface area contributed by atoms with Gasteiger partial charge < -0.3 is 15.7 Å². The minimum absolute atomic E-state index is 0.0291. The Bertz CT molecular complexity index is 1760. The maximum absolute atomic E-state index is 14.2. The van der Waals surface area contributed by atoms with Crippen molar-refractivity contribution >= 4 is 35.1 Å². The summed E-state index contributed by atoms with van der Waals surface area (Å²) in [6, 6.07) is 12.2. The summed E-state index contributed by atoms with van der Waals surface area (Å²) in [4.78, 5) is 38.2. The number of aromatic carboxylic acids is 1. The highest BCUT2D eigenvalue weighted by atomic mass is 35.5. The molecule has 1 unspecified atom stereocenters. The molecule has 0 fully saturated rings. The van der Waals surface area contributed by atoms with Crippen LogP contribution in [0, 0.1) is 11.6 Å². The first-order valence-electron chi connectivity index (χ1n) is 11.8. The van der Waals surface area contributed by atoms with Crippen LogP contribution < -0.4 is 10.6 Å². The molecule has 12 heteroatoms. The van der Waals surface area contributed by atoms with E-state index in [9.17, 15) is 41.4 Å². The number of hydrogen-bond donors (Lipinski definition) is 3. The number of carboxylic acid groups (broad SMARTS) is 1. The largest absolute Gasteiger partial charge is 0.478 e. The van der Waals surface area contributed by atoms with Gasteiger partial charge in [-0.1, -0.05) is 29.8 Å². The lowest BCUT2D eigenvalue weighted by Crippen LogP contribution is -2.21. The predicted octanol–water partition coefficient (Wildman–Crippen LogP) is 7.09. The van der Waals surface area contributed by atoms with Gasteiger partial charge in [0.15, 0.2) is 0 Å². The number of anilines is 1. The summed E-state index contributed by atoms with van der Waals surface area (Å²) in [6.07, 6.45) is -4.94. The number of fused-ring (bicyclic) bond motifs is 1. The number of amides is 2. The number of nitrogens with one attached hydrogen (secondary N) is 2. The lowest BCUT2D eigenvalue weighted by atomic mass is 9.91. The quantitative estimate of drug-likeness (QED) is 0.218. The van der Waals surface area contributed by atoms with E-state index < -0.39 is 52.8 Å². The second-order valence-electron chi connectivity index (χ2n) is 9.09. The number of benzene rings is 4. The summed E-state index contributed by atoms with van der Waals surface area (Å²) in [7, 11) is 0. The Morgan fingerprint density at radius 2 is 1.63 bits per heavy atom. The van der Waals surface area contributed by atoms with Gasteiger partial charge in [0.25, 0.3) is 11.8 Å². The molecule has 0 saturated carbocycles. The van der Waals surface area contributed by atoms with Crippen molar-refractivity contribution in [1.29, 1.82) is 0 Å². The summed E-state index contributed by atoms with van der Waals surface area (Å²) >= 11 is 6.29. The van der Waals surface area contributed by atoms with E-state index >= 15 is 0 Å². The van der Waals surface area contributed by atoms with E-state index in [1.54, 1.807) is 6.07 Å². The highest BCUT2D eigenvalue weighted by Crippen LogP contribution is 2.42. The number of halogens is 6. The van der Waals surface area contributed by atoms with Crippen molar-refractivity contribution in [3.8, 4) is 11.1 Å². The van der Waals surface area contributed by atoms with E-state index in [0.717, 1.165) is 12.1 Å². The van der Waals surface area contributed by atoms with E-state index in [1.165, 1.54) is 36.4 Å². The van der Waals surface area contributed by atoms with Crippen molar-refractivity contribution in [2.75, 3.05) is 5.32 Å². The van der Waals surface area contributed by atoms with Crippen LogP contribution >= 0.6 is 11.6 Å². The number of carbonyl (C=O) groups excluding carboxylic acids is 2. The third-order valence-corrected chi connectivity index (χ3v) is 6.81. The molecule has 4 aromatic carbocycles. The molecule has 1 aliphatic rings. The van der Waals surface area contributed by atoms with Crippen LogP contribution in [0.4, 0.5) is 27.6 Å². The van der Waals surface area contributed by atoms with Crippen LogP contribution in [0.15, 0.2) is 72.8 Å². The summed E-state index contributed by atoms with van der Waals surface area (Å²) < 4.78 is 68.1. The summed E-state index contributed by atoms with van der Waals surface area (Å²) in [6.45, 7) is 0. The van der Waals surface area contributed by atoms with Crippen LogP contribution in [0.1, 0.15) is 53.8 Å². The van der Waals surface area contributed by atoms with Gasteiger partial charge in [-0.25, -0.2) is 13.6 Å². The first-order chi connectivity index (χ1) is 19.3. The molecule has 0 spiro atoms. The van der Waals surface area contributed by atoms with Crippen LogP contribution in [-0.4, -0.2) is 22.9 Å². The number of alkyl halides is 3. The lowest BCUT2D eigenvalue weighted by molar-refractivity contribution is -0.137. The number of carbonyl (C=O) groups is 3. The maximum atomic E-state index is 14.2. The van der Waals surface area contributed by atoms with Crippen molar-refractivity contribution in [1.82, 2.24) is 5.32 Å². The lowest BCUT2D eigenvalue weighted by Gasteiger charge is -2.19. The summed E-state index contributed by atoms with van der Waals surface area (Å²) in [5, 5.41) is 14.8.